The molecule has 0 saturated heterocycles. The minimum Gasteiger partial charge on any atom is -0.384 e. The predicted octanol–water partition coefficient (Wildman–Crippen LogP) is 2.33. The Labute approximate surface area is 100 Å². The lowest BCUT2D eigenvalue weighted by Crippen LogP contribution is -2.24. The molecule has 1 heterocycles. The molecule has 0 unspecified atom stereocenters. The molecular weight excluding hydrogens is 224 g/mol. The predicted molar refractivity (Wildman–Crippen MR) is 66.0 cm³/mol. The van der Waals surface area contributed by atoms with E-state index in [1.807, 2.05) is 18.2 Å². The van der Waals surface area contributed by atoms with Crippen molar-refractivity contribution in [3.8, 4) is 0 Å². The average molecular weight is 239 g/mol. The third-order valence-electron chi connectivity index (χ3n) is 2.91. The van der Waals surface area contributed by atoms with Crippen molar-refractivity contribution >= 4 is 23.2 Å². The normalized spacial score (nSPS) is 17.8. The molecule has 0 bridgehead atoms. The molecule has 1 aromatic carbocycles. The molecule has 1 aliphatic heterocycles. The molecule has 0 fully saturated rings. The lowest BCUT2D eigenvalue weighted by atomic mass is 9.97. The van der Waals surface area contributed by atoms with Crippen molar-refractivity contribution < 1.29 is 4.79 Å². The smallest absolute Gasteiger partial charge is 0.222 e. The largest absolute Gasteiger partial charge is 0.384 e. The van der Waals surface area contributed by atoms with Crippen molar-refractivity contribution in [1.82, 2.24) is 4.90 Å². The number of carbonyl (C=O) groups is 1. The zero-order valence-electron chi connectivity index (χ0n) is 9.46. The minimum absolute atomic E-state index is 0.152. The number of carbonyl (C=O) groups excluding carboxylic acids is 1. The number of anilines is 1. The Morgan fingerprint density at radius 2 is 2.31 bits per heavy atom. The second-order valence-electron chi connectivity index (χ2n) is 4.30. The number of nitrogens with zero attached hydrogens (tertiary/aromatic N) is 1. The van der Waals surface area contributed by atoms with E-state index < -0.39 is 0 Å². The van der Waals surface area contributed by atoms with Crippen molar-refractivity contribution in [3.05, 3.63) is 28.8 Å². The maximum atomic E-state index is 11.7. The number of amides is 1. The molecule has 1 atom stereocenters. The second kappa shape index (κ2) is 4.34. The maximum absolute atomic E-state index is 11.7. The molecule has 2 rings (SSSR count). The van der Waals surface area contributed by atoms with E-state index in [-0.39, 0.29) is 11.8 Å². The maximum Gasteiger partial charge on any atom is 0.222 e. The average Bonchev–Trinajstić information content (AvgIpc) is 2.61. The Bertz CT molecular complexity index is 417. The molecule has 0 spiro atoms. The summed E-state index contributed by atoms with van der Waals surface area (Å²) in [4.78, 5) is 13.3. The van der Waals surface area contributed by atoms with Gasteiger partial charge in [0.05, 0.1) is 0 Å². The molecule has 0 saturated carbocycles. The van der Waals surface area contributed by atoms with E-state index in [2.05, 4.69) is 5.32 Å². The zero-order chi connectivity index (χ0) is 11.7. The van der Waals surface area contributed by atoms with Crippen molar-refractivity contribution in [2.75, 3.05) is 26.0 Å². The van der Waals surface area contributed by atoms with Gasteiger partial charge in [-0.3, -0.25) is 4.79 Å². The monoisotopic (exact) mass is 238 g/mol. The second-order valence-corrected chi connectivity index (χ2v) is 4.74. The minimum atomic E-state index is 0.152. The molecule has 1 aromatic rings. The first kappa shape index (κ1) is 11.3. The van der Waals surface area contributed by atoms with Gasteiger partial charge in [0.2, 0.25) is 5.91 Å². The van der Waals surface area contributed by atoms with Crippen LogP contribution in [-0.4, -0.2) is 31.4 Å². The quantitative estimate of drug-likeness (QED) is 0.858. The summed E-state index contributed by atoms with van der Waals surface area (Å²) in [5, 5.41) is 4.02. The van der Waals surface area contributed by atoms with Crippen LogP contribution >= 0.6 is 11.6 Å². The molecule has 3 nitrogen and oxygen atoms in total. The van der Waals surface area contributed by atoms with Crippen LogP contribution in [0.25, 0.3) is 0 Å². The van der Waals surface area contributed by atoms with Gasteiger partial charge in [-0.25, -0.2) is 0 Å². The number of hydrogen-bond donors (Lipinski definition) is 1. The Kier molecular flexibility index (Phi) is 3.06. The van der Waals surface area contributed by atoms with Crippen LogP contribution in [0.1, 0.15) is 17.9 Å². The highest BCUT2D eigenvalue weighted by atomic mass is 35.5. The lowest BCUT2D eigenvalue weighted by Gasteiger charge is -2.14. The number of fused-ring (bicyclic) bond motifs is 1. The summed E-state index contributed by atoms with van der Waals surface area (Å²) in [6.07, 6.45) is 0.535. The van der Waals surface area contributed by atoms with E-state index in [1.165, 1.54) is 0 Å². The third-order valence-corrected chi connectivity index (χ3v) is 3.15. The van der Waals surface area contributed by atoms with Gasteiger partial charge in [-0.2, -0.15) is 0 Å². The van der Waals surface area contributed by atoms with Crippen LogP contribution in [-0.2, 0) is 4.79 Å². The van der Waals surface area contributed by atoms with Gasteiger partial charge >= 0.3 is 0 Å². The van der Waals surface area contributed by atoms with E-state index in [0.717, 1.165) is 22.8 Å². The van der Waals surface area contributed by atoms with Crippen LogP contribution in [0.3, 0.4) is 0 Å². The van der Waals surface area contributed by atoms with Crippen LogP contribution in [0.15, 0.2) is 18.2 Å². The van der Waals surface area contributed by atoms with Crippen LogP contribution in [0.5, 0.6) is 0 Å². The molecular formula is C12H15ClN2O. The van der Waals surface area contributed by atoms with Gasteiger partial charge in [0.15, 0.2) is 0 Å². The number of halogens is 1. The molecule has 16 heavy (non-hydrogen) atoms. The Hall–Kier alpha value is -1.22. The molecule has 1 N–H and O–H groups in total. The summed E-state index contributed by atoms with van der Waals surface area (Å²) < 4.78 is 0. The third kappa shape index (κ3) is 2.14. The molecule has 0 aliphatic carbocycles. The first-order chi connectivity index (χ1) is 7.58. The van der Waals surface area contributed by atoms with Crippen molar-refractivity contribution in [2.45, 2.75) is 12.3 Å². The molecule has 86 valence electrons. The number of benzene rings is 1. The molecule has 0 aromatic heterocycles. The fraction of sp³-hybridized carbons (Fsp3) is 0.417. The summed E-state index contributed by atoms with van der Waals surface area (Å²) in [5.41, 5.74) is 2.25. The number of rotatable bonds is 2. The van der Waals surface area contributed by atoms with E-state index in [4.69, 9.17) is 11.6 Å². The van der Waals surface area contributed by atoms with E-state index in [9.17, 15) is 4.79 Å². The van der Waals surface area contributed by atoms with Crippen LogP contribution in [0.4, 0.5) is 5.69 Å². The molecule has 4 heteroatoms. The highest BCUT2D eigenvalue weighted by Gasteiger charge is 2.25. The van der Waals surface area contributed by atoms with Gasteiger partial charge in [0.25, 0.3) is 0 Å². The molecule has 1 amide bonds. The molecule has 0 radical (unpaired) electrons. The van der Waals surface area contributed by atoms with Gasteiger partial charge in [0.1, 0.15) is 0 Å². The van der Waals surface area contributed by atoms with E-state index in [0.29, 0.717) is 6.42 Å². The first-order valence-electron chi connectivity index (χ1n) is 5.31. The number of nitrogens with one attached hydrogen (secondary N) is 1. The Morgan fingerprint density at radius 1 is 1.56 bits per heavy atom. The fourth-order valence-corrected chi connectivity index (χ4v) is 2.13. The van der Waals surface area contributed by atoms with Crippen LogP contribution < -0.4 is 5.32 Å². The van der Waals surface area contributed by atoms with E-state index in [1.54, 1.807) is 19.0 Å². The van der Waals surface area contributed by atoms with Crippen molar-refractivity contribution in [2.24, 2.45) is 0 Å². The summed E-state index contributed by atoms with van der Waals surface area (Å²) in [5.74, 6) is 0.392. The van der Waals surface area contributed by atoms with Gasteiger partial charge in [0, 0.05) is 43.7 Å². The SMILES string of the molecule is CN(C)C(=O)C[C@H]1CNc2ccc(Cl)cc21. The summed E-state index contributed by atoms with van der Waals surface area (Å²) in [6.45, 7) is 0.815. The first-order valence-corrected chi connectivity index (χ1v) is 5.69. The summed E-state index contributed by atoms with van der Waals surface area (Å²) >= 11 is 5.96. The van der Waals surface area contributed by atoms with Crippen LogP contribution in [0.2, 0.25) is 5.02 Å². The number of hydrogen-bond acceptors (Lipinski definition) is 2. The summed E-state index contributed by atoms with van der Waals surface area (Å²) in [6, 6.07) is 5.78. The lowest BCUT2D eigenvalue weighted by molar-refractivity contribution is -0.129. The van der Waals surface area contributed by atoms with Gasteiger partial charge in [-0.05, 0) is 23.8 Å². The van der Waals surface area contributed by atoms with Crippen molar-refractivity contribution in [3.63, 3.8) is 0 Å². The van der Waals surface area contributed by atoms with Crippen molar-refractivity contribution in [1.29, 1.82) is 0 Å². The van der Waals surface area contributed by atoms with Gasteiger partial charge in [-0.1, -0.05) is 11.6 Å². The van der Waals surface area contributed by atoms with Gasteiger partial charge < -0.3 is 10.2 Å². The fourth-order valence-electron chi connectivity index (χ4n) is 1.95. The standard InChI is InChI=1S/C12H15ClN2O/c1-15(2)12(16)5-8-7-14-11-4-3-9(13)6-10(8)11/h3-4,6,8,14H,5,7H2,1-2H3/t8-/m0/s1. The Balaban J connectivity index is 2.17. The Morgan fingerprint density at radius 3 is 3.00 bits per heavy atom. The highest BCUT2D eigenvalue weighted by molar-refractivity contribution is 6.30. The zero-order valence-corrected chi connectivity index (χ0v) is 10.2. The molecule has 1 aliphatic rings. The van der Waals surface area contributed by atoms with Gasteiger partial charge in [-0.15, -0.1) is 0 Å². The topological polar surface area (TPSA) is 32.3 Å². The highest BCUT2D eigenvalue weighted by Crippen LogP contribution is 2.35. The van der Waals surface area contributed by atoms with E-state index >= 15 is 0 Å². The summed E-state index contributed by atoms with van der Waals surface area (Å²) in [7, 11) is 3.56. The van der Waals surface area contributed by atoms with Crippen LogP contribution in [0, 0.1) is 0 Å².